The number of rotatable bonds is 2. The number of alkyl halides is 3. The Morgan fingerprint density at radius 1 is 1.12 bits per heavy atom. The van der Waals surface area contributed by atoms with Gasteiger partial charge in [0.05, 0.1) is 0 Å². The van der Waals surface area contributed by atoms with Gasteiger partial charge in [-0.15, -0.1) is 10.2 Å². The van der Waals surface area contributed by atoms with Crippen molar-refractivity contribution in [2.75, 3.05) is 24.0 Å². The summed E-state index contributed by atoms with van der Waals surface area (Å²) in [5, 5.41) is 11.2. The van der Waals surface area contributed by atoms with E-state index in [0.29, 0.717) is 0 Å². The van der Waals surface area contributed by atoms with Gasteiger partial charge in [0.15, 0.2) is 0 Å². The van der Waals surface area contributed by atoms with E-state index in [-0.39, 0.29) is 10.5 Å². The summed E-state index contributed by atoms with van der Waals surface area (Å²) in [5.41, 5.74) is 1.96. The summed E-state index contributed by atoms with van der Waals surface area (Å²) in [5.74, 6) is -0.995. The third kappa shape index (κ3) is 2.35. The molecule has 4 rings (SSSR count). The van der Waals surface area contributed by atoms with E-state index in [2.05, 4.69) is 10.2 Å². The van der Waals surface area contributed by atoms with Gasteiger partial charge in [0.25, 0.3) is 5.82 Å². The maximum absolute atomic E-state index is 13.2. The number of halogens is 3. The van der Waals surface area contributed by atoms with Gasteiger partial charge in [-0.2, -0.15) is 13.2 Å². The second-order valence-electron chi connectivity index (χ2n) is 5.49. The quantitative estimate of drug-likeness (QED) is 0.802. The van der Waals surface area contributed by atoms with Crippen LogP contribution < -0.4 is 9.91 Å². The molecule has 24 heavy (non-hydrogen) atoms. The lowest BCUT2D eigenvalue weighted by molar-refractivity contribution is -0.147. The van der Waals surface area contributed by atoms with Crippen LogP contribution in [0, 0.1) is 0 Å². The zero-order chi connectivity index (χ0) is 17.1. The number of hydrogen-bond acceptors (Lipinski definition) is 6. The molecule has 3 heterocycles. The van der Waals surface area contributed by atoms with E-state index in [1.54, 1.807) is 5.01 Å². The Bertz CT molecular complexity index is 813. The highest BCUT2D eigenvalue weighted by Gasteiger charge is 2.46. The fourth-order valence-corrected chi connectivity index (χ4v) is 4.80. The van der Waals surface area contributed by atoms with Crippen LogP contribution in [0.15, 0.2) is 39.9 Å². The lowest BCUT2D eigenvalue weighted by atomic mass is 10.2. The van der Waals surface area contributed by atoms with Crippen molar-refractivity contribution in [2.45, 2.75) is 16.7 Å². The van der Waals surface area contributed by atoms with Crippen LogP contribution in [0.25, 0.3) is 0 Å². The van der Waals surface area contributed by atoms with Crippen LogP contribution in [0.1, 0.15) is 16.8 Å². The molecule has 0 spiro atoms. The number of nitrogens with zero attached hydrogens (tertiary/aromatic N) is 5. The third-order valence-electron chi connectivity index (χ3n) is 3.72. The maximum atomic E-state index is 13.2. The number of fused-ring (bicyclic) bond motifs is 3. The normalized spacial score (nSPS) is 19.3. The predicted molar refractivity (Wildman–Crippen MR) is 88.3 cm³/mol. The maximum Gasteiger partial charge on any atom is 0.453 e. The second-order valence-corrected chi connectivity index (χ2v) is 7.43. The lowest BCUT2D eigenvalue weighted by Gasteiger charge is -2.26. The summed E-state index contributed by atoms with van der Waals surface area (Å²) in [4.78, 5) is 1.97. The average molecular weight is 371 g/mol. The summed E-state index contributed by atoms with van der Waals surface area (Å²) in [6, 6.07) is 7.78. The molecule has 0 unspecified atom stereocenters. The van der Waals surface area contributed by atoms with E-state index in [4.69, 9.17) is 0 Å². The van der Waals surface area contributed by atoms with Crippen LogP contribution >= 0.6 is 23.5 Å². The van der Waals surface area contributed by atoms with Gasteiger partial charge in [0, 0.05) is 25.2 Å². The molecule has 0 N–H and O–H groups in total. The van der Waals surface area contributed by atoms with Crippen molar-refractivity contribution in [3.63, 3.8) is 0 Å². The van der Waals surface area contributed by atoms with Crippen molar-refractivity contribution < 1.29 is 13.2 Å². The van der Waals surface area contributed by atoms with Crippen molar-refractivity contribution in [3.8, 4) is 0 Å². The Morgan fingerprint density at radius 2 is 1.83 bits per heavy atom. The first-order valence-electron chi connectivity index (χ1n) is 6.99. The van der Waals surface area contributed by atoms with Crippen LogP contribution in [0.4, 0.5) is 18.9 Å². The lowest BCUT2D eigenvalue weighted by Crippen LogP contribution is -2.33. The minimum atomic E-state index is -4.55. The van der Waals surface area contributed by atoms with Gasteiger partial charge >= 0.3 is 6.18 Å². The zero-order valence-electron chi connectivity index (χ0n) is 12.7. The van der Waals surface area contributed by atoms with Gasteiger partial charge in [-0.05, 0) is 29.5 Å². The molecule has 5 nitrogen and oxygen atoms in total. The number of aromatic nitrogens is 3. The Kier molecular flexibility index (Phi) is 3.50. The molecule has 126 valence electrons. The molecule has 2 aliphatic heterocycles. The summed E-state index contributed by atoms with van der Waals surface area (Å²) in [7, 11) is 3.88. The van der Waals surface area contributed by atoms with Crippen LogP contribution in [0.5, 0.6) is 0 Å². The van der Waals surface area contributed by atoms with Gasteiger partial charge in [-0.25, -0.2) is 4.68 Å². The molecule has 1 aromatic carbocycles. The summed E-state index contributed by atoms with van der Waals surface area (Å²) < 4.78 is 40.7. The monoisotopic (exact) mass is 371 g/mol. The zero-order valence-corrected chi connectivity index (χ0v) is 14.3. The fourth-order valence-electron chi connectivity index (χ4n) is 2.57. The van der Waals surface area contributed by atoms with E-state index < -0.39 is 12.0 Å². The minimum Gasteiger partial charge on any atom is -0.378 e. The van der Waals surface area contributed by atoms with E-state index in [1.807, 2.05) is 48.7 Å². The molecule has 0 bridgehead atoms. The highest BCUT2D eigenvalue weighted by atomic mass is 32.2. The van der Waals surface area contributed by atoms with Crippen molar-refractivity contribution in [1.29, 1.82) is 0 Å². The molecule has 2 aromatic rings. The van der Waals surface area contributed by atoms with E-state index >= 15 is 0 Å². The molecule has 0 fully saturated rings. The summed E-state index contributed by atoms with van der Waals surface area (Å²) in [6.45, 7) is 0. The van der Waals surface area contributed by atoms with Crippen LogP contribution in [-0.4, -0.2) is 29.0 Å². The largest absolute Gasteiger partial charge is 0.453 e. The highest BCUT2D eigenvalue weighted by Crippen LogP contribution is 2.52. The van der Waals surface area contributed by atoms with Gasteiger partial charge in [0.2, 0.25) is 5.16 Å². The second kappa shape index (κ2) is 5.35. The van der Waals surface area contributed by atoms with Crippen molar-refractivity contribution in [2.24, 2.45) is 0 Å². The van der Waals surface area contributed by atoms with Crippen LogP contribution in [0.2, 0.25) is 0 Å². The molecule has 0 saturated heterocycles. The Balaban J connectivity index is 1.72. The molecule has 10 heteroatoms. The van der Waals surface area contributed by atoms with E-state index in [0.717, 1.165) is 21.0 Å². The van der Waals surface area contributed by atoms with Gasteiger partial charge in [-0.3, -0.25) is 5.01 Å². The van der Waals surface area contributed by atoms with Gasteiger partial charge in [-0.1, -0.05) is 23.9 Å². The average Bonchev–Trinajstić information content (AvgIpc) is 3.16. The first-order valence-corrected chi connectivity index (χ1v) is 8.75. The van der Waals surface area contributed by atoms with Crippen molar-refractivity contribution in [3.05, 3.63) is 46.1 Å². The smallest absolute Gasteiger partial charge is 0.378 e. The van der Waals surface area contributed by atoms with Crippen molar-refractivity contribution in [1.82, 2.24) is 14.9 Å². The van der Waals surface area contributed by atoms with Gasteiger partial charge < -0.3 is 4.90 Å². The van der Waals surface area contributed by atoms with Crippen molar-refractivity contribution >= 4 is 29.2 Å². The Labute approximate surface area is 144 Å². The topological polar surface area (TPSA) is 37.2 Å². The first kappa shape index (κ1) is 15.7. The summed E-state index contributed by atoms with van der Waals surface area (Å²) >= 11 is 2.67. The van der Waals surface area contributed by atoms with Crippen LogP contribution in [-0.2, 0) is 6.18 Å². The Morgan fingerprint density at radius 3 is 2.46 bits per heavy atom. The number of thioether (sulfide) groups is 2. The molecule has 2 aliphatic rings. The van der Waals surface area contributed by atoms with E-state index in [9.17, 15) is 13.2 Å². The highest BCUT2D eigenvalue weighted by molar-refractivity contribution is 8.07. The molecule has 0 amide bonds. The molecule has 0 saturated carbocycles. The first-order chi connectivity index (χ1) is 11.4. The minimum absolute atomic E-state index is 0.240. The van der Waals surface area contributed by atoms with Crippen LogP contribution in [0.3, 0.4) is 0 Å². The predicted octanol–water partition coefficient (Wildman–Crippen LogP) is 3.65. The number of hydrogen-bond donors (Lipinski definition) is 0. The third-order valence-corrected chi connectivity index (χ3v) is 5.91. The molecular formula is C14H12F3N5S2. The summed E-state index contributed by atoms with van der Waals surface area (Å²) in [6.07, 6.45) is -4.55. The molecule has 0 radical (unpaired) electrons. The number of benzene rings is 1. The fraction of sp³-hybridized carbons (Fsp3) is 0.286. The molecule has 0 aliphatic carbocycles. The van der Waals surface area contributed by atoms with E-state index in [1.165, 1.54) is 23.5 Å². The number of anilines is 1. The molecule has 1 aromatic heterocycles. The Hall–Kier alpha value is -1.81. The molecular weight excluding hydrogens is 359 g/mol. The molecule has 1 atom stereocenters. The SMILES string of the molecule is CN(C)c1ccc([C@@H]2SC=C3Sc4nnc(C(F)(F)F)n4N32)cc1. The standard InChI is InChI=1S/C14H12F3N5S2/c1-20(2)9-5-3-8(4-6-9)11-21-10(7-23-11)24-13-19-18-12(22(13)21)14(15,16)17/h3-7,11H,1-2H3/t11-/m0/s1. The van der Waals surface area contributed by atoms with Gasteiger partial charge in [0.1, 0.15) is 10.4 Å².